The molecule has 0 bridgehead atoms. The highest BCUT2D eigenvalue weighted by Gasteiger charge is 2.08. The maximum atomic E-state index is 13.2. The molecule has 0 aliphatic rings. The number of rotatable bonds is 1. The number of nitrogens with one attached hydrogen (secondary N) is 1. The second kappa shape index (κ2) is 3.95. The lowest BCUT2D eigenvalue weighted by Gasteiger charge is -1.96. The second-order valence-electron chi connectivity index (χ2n) is 4.57. The Labute approximate surface area is 104 Å². The van der Waals surface area contributed by atoms with Gasteiger partial charge in [-0.1, -0.05) is 18.2 Å². The van der Waals surface area contributed by atoms with E-state index in [4.69, 9.17) is 0 Å². The van der Waals surface area contributed by atoms with Gasteiger partial charge in [-0.3, -0.25) is 0 Å². The number of hydrogen-bond donors (Lipinski definition) is 1. The van der Waals surface area contributed by atoms with Gasteiger partial charge in [-0.25, -0.2) is 9.37 Å². The first-order valence-corrected chi connectivity index (χ1v) is 5.86. The van der Waals surface area contributed by atoms with Gasteiger partial charge in [0.1, 0.15) is 11.6 Å². The highest BCUT2D eigenvalue weighted by Crippen LogP contribution is 2.24. The molecule has 1 N–H and O–H groups in total. The number of nitrogens with zero attached hydrogens (tertiary/aromatic N) is 1. The van der Waals surface area contributed by atoms with Crippen molar-refractivity contribution in [3.8, 4) is 11.4 Å². The van der Waals surface area contributed by atoms with E-state index in [1.54, 1.807) is 6.07 Å². The molecule has 0 saturated heterocycles. The van der Waals surface area contributed by atoms with Gasteiger partial charge < -0.3 is 4.98 Å². The van der Waals surface area contributed by atoms with Gasteiger partial charge in [-0.05, 0) is 43.2 Å². The van der Waals surface area contributed by atoms with Crippen LogP contribution < -0.4 is 0 Å². The molecule has 0 saturated carbocycles. The minimum absolute atomic E-state index is 0.249. The van der Waals surface area contributed by atoms with Crippen LogP contribution in [-0.4, -0.2) is 9.97 Å². The number of aromatic amines is 1. The lowest BCUT2D eigenvalue weighted by molar-refractivity contribution is 0.628. The zero-order chi connectivity index (χ0) is 12.7. The van der Waals surface area contributed by atoms with E-state index in [-0.39, 0.29) is 5.82 Å². The van der Waals surface area contributed by atoms with Crippen LogP contribution in [0.1, 0.15) is 11.1 Å². The Bertz CT molecular complexity index is 728. The van der Waals surface area contributed by atoms with Gasteiger partial charge in [0.05, 0.1) is 11.0 Å². The van der Waals surface area contributed by atoms with E-state index in [1.807, 2.05) is 13.0 Å². The summed E-state index contributed by atoms with van der Waals surface area (Å²) in [6, 6.07) is 10.6. The smallest absolute Gasteiger partial charge is 0.138 e. The summed E-state index contributed by atoms with van der Waals surface area (Å²) < 4.78 is 13.2. The number of hydrogen-bond acceptors (Lipinski definition) is 1. The van der Waals surface area contributed by atoms with E-state index in [0.717, 1.165) is 22.2 Å². The van der Waals surface area contributed by atoms with Crippen LogP contribution >= 0.6 is 0 Å². The van der Waals surface area contributed by atoms with Gasteiger partial charge in [0, 0.05) is 5.56 Å². The van der Waals surface area contributed by atoms with E-state index < -0.39 is 0 Å². The minimum atomic E-state index is -0.249. The summed E-state index contributed by atoms with van der Waals surface area (Å²) in [5.74, 6) is 0.457. The maximum Gasteiger partial charge on any atom is 0.138 e. The molecule has 0 fully saturated rings. The third-order valence-electron chi connectivity index (χ3n) is 3.02. The van der Waals surface area contributed by atoms with Crippen molar-refractivity contribution in [2.75, 3.05) is 0 Å². The molecule has 0 radical (unpaired) electrons. The van der Waals surface area contributed by atoms with Crippen molar-refractivity contribution in [3.05, 3.63) is 53.3 Å². The van der Waals surface area contributed by atoms with Crippen LogP contribution in [0, 0.1) is 19.7 Å². The fourth-order valence-electron chi connectivity index (χ4n) is 2.24. The Morgan fingerprint density at radius 1 is 1.11 bits per heavy atom. The standard InChI is InChI=1S/C15H13FN2/c1-9-6-10(2)14-13(7-9)17-15(18-14)11-4-3-5-12(16)8-11/h3-8H,1-2H3,(H,17,18). The number of H-pyrrole nitrogens is 1. The summed E-state index contributed by atoms with van der Waals surface area (Å²) in [6.45, 7) is 4.08. The van der Waals surface area contributed by atoms with Crippen molar-refractivity contribution >= 4 is 11.0 Å². The SMILES string of the molecule is Cc1cc(C)c2nc(-c3cccc(F)c3)[nH]c2c1. The first-order chi connectivity index (χ1) is 8.63. The molecule has 18 heavy (non-hydrogen) atoms. The van der Waals surface area contributed by atoms with Gasteiger partial charge in [0.25, 0.3) is 0 Å². The summed E-state index contributed by atoms with van der Waals surface area (Å²) in [5, 5.41) is 0. The van der Waals surface area contributed by atoms with Crippen molar-refractivity contribution in [2.24, 2.45) is 0 Å². The fraction of sp³-hybridized carbons (Fsp3) is 0.133. The van der Waals surface area contributed by atoms with Crippen molar-refractivity contribution in [3.63, 3.8) is 0 Å². The Morgan fingerprint density at radius 2 is 1.94 bits per heavy atom. The maximum absolute atomic E-state index is 13.2. The molecule has 3 aromatic rings. The molecule has 2 aromatic carbocycles. The van der Waals surface area contributed by atoms with Crippen molar-refractivity contribution < 1.29 is 4.39 Å². The molecule has 0 aliphatic heterocycles. The molecule has 0 amide bonds. The molecule has 0 spiro atoms. The molecule has 3 heteroatoms. The Balaban J connectivity index is 2.22. The number of aryl methyl sites for hydroxylation is 2. The van der Waals surface area contributed by atoms with Crippen LogP contribution in [-0.2, 0) is 0 Å². The molecule has 90 valence electrons. The topological polar surface area (TPSA) is 28.7 Å². The molecule has 2 nitrogen and oxygen atoms in total. The third kappa shape index (κ3) is 1.78. The van der Waals surface area contributed by atoms with E-state index >= 15 is 0 Å². The molecular weight excluding hydrogens is 227 g/mol. The summed E-state index contributed by atoms with van der Waals surface area (Å²) in [4.78, 5) is 7.79. The van der Waals surface area contributed by atoms with Gasteiger partial charge >= 0.3 is 0 Å². The third-order valence-corrected chi connectivity index (χ3v) is 3.02. The Kier molecular flexibility index (Phi) is 2.40. The van der Waals surface area contributed by atoms with Crippen molar-refractivity contribution in [1.29, 1.82) is 0 Å². The highest BCUT2D eigenvalue weighted by molar-refractivity contribution is 5.82. The van der Waals surface area contributed by atoms with E-state index in [9.17, 15) is 4.39 Å². The highest BCUT2D eigenvalue weighted by atomic mass is 19.1. The lowest BCUT2D eigenvalue weighted by Crippen LogP contribution is -1.81. The van der Waals surface area contributed by atoms with Crippen molar-refractivity contribution in [1.82, 2.24) is 9.97 Å². The minimum Gasteiger partial charge on any atom is -0.338 e. The van der Waals surface area contributed by atoms with Crippen LogP contribution in [0.5, 0.6) is 0 Å². The van der Waals surface area contributed by atoms with Gasteiger partial charge in [-0.2, -0.15) is 0 Å². The van der Waals surface area contributed by atoms with Crippen LogP contribution in [0.4, 0.5) is 4.39 Å². The lowest BCUT2D eigenvalue weighted by atomic mass is 10.1. The summed E-state index contributed by atoms with van der Waals surface area (Å²) in [6.07, 6.45) is 0. The zero-order valence-corrected chi connectivity index (χ0v) is 10.3. The number of halogens is 1. The normalized spacial score (nSPS) is 11.1. The predicted octanol–water partition coefficient (Wildman–Crippen LogP) is 3.99. The molecule has 1 aromatic heterocycles. The molecular formula is C15H13FN2. The molecule has 0 unspecified atom stereocenters. The first kappa shape index (κ1) is 11.0. The first-order valence-electron chi connectivity index (χ1n) is 5.86. The van der Waals surface area contributed by atoms with E-state index in [2.05, 4.69) is 29.0 Å². The molecule has 0 aliphatic carbocycles. The van der Waals surface area contributed by atoms with Gasteiger partial charge in [0.15, 0.2) is 0 Å². The second-order valence-corrected chi connectivity index (χ2v) is 4.57. The largest absolute Gasteiger partial charge is 0.338 e. The average Bonchev–Trinajstić information content (AvgIpc) is 2.73. The zero-order valence-electron chi connectivity index (χ0n) is 10.3. The Hall–Kier alpha value is -2.16. The van der Waals surface area contributed by atoms with Crippen LogP contribution in [0.15, 0.2) is 36.4 Å². The quantitative estimate of drug-likeness (QED) is 0.684. The van der Waals surface area contributed by atoms with E-state index in [1.165, 1.54) is 17.7 Å². The van der Waals surface area contributed by atoms with Gasteiger partial charge in [-0.15, -0.1) is 0 Å². The number of imidazole rings is 1. The monoisotopic (exact) mass is 240 g/mol. The molecule has 1 heterocycles. The molecule has 0 atom stereocenters. The number of fused-ring (bicyclic) bond motifs is 1. The van der Waals surface area contributed by atoms with Crippen molar-refractivity contribution in [2.45, 2.75) is 13.8 Å². The van der Waals surface area contributed by atoms with Crippen LogP contribution in [0.3, 0.4) is 0 Å². The predicted molar refractivity (Wildman–Crippen MR) is 71.0 cm³/mol. The molecule has 3 rings (SSSR count). The summed E-state index contributed by atoms with van der Waals surface area (Å²) in [7, 11) is 0. The Morgan fingerprint density at radius 3 is 2.72 bits per heavy atom. The van der Waals surface area contributed by atoms with Gasteiger partial charge in [0.2, 0.25) is 0 Å². The van der Waals surface area contributed by atoms with Crippen LogP contribution in [0.25, 0.3) is 22.4 Å². The number of aromatic nitrogens is 2. The van der Waals surface area contributed by atoms with E-state index in [0.29, 0.717) is 5.82 Å². The average molecular weight is 240 g/mol. The fourth-order valence-corrected chi connectivity index (χ4v) is 2.24. The summed E-state index contributed by atoms with van der Waals surface area (Å²) in [5.41, 5.74) is 5.02. The number of benzene rings is 2. The summed E-state index contributed by atoms with van der Waals surface area (Å²) >= 11 is 0. The van der Waals surface area contributed by atoms with Crippen LogP contribution in [0.2, 0.25) is 0 Å².